The number of amides is 1. The van der Waals surface area contributed by atoms with Gasteiger partial charge < -0.3 is 14.5 Å². The van der Waals surface area contributed by atoms with E-state index in [2.05, 4.69) is 21.9 Å². The van der Waals surface area contributed by atoms with Crippen LogP contribution in [0.25, 0.3) is 22.7 Å². The number of nitrogens with one attached hydrogen (secondary N) is 1. The van der Waals surface area contributed by atoms with E-state index in [0.29, 0.717) is 28.6 Å². The van der Waals surface area contributed by atoms with E-state index in [0.717, 1.165) is 5.56 Å². The summed E-state index contributed by atoms with van der Waals surface area (Å²) in [4.78, 5) is 21.3. The van der Waals surface area contributed by atoms with Crippen LogP contribution in [0.15, 0.2) is 83.7 Å². The second-order valence-electron chi connectivity index (χ2n) is 5.93. The Bertz CT molecular complexity index is 1020. The highest BCUT2D eigenvalue weighted by molar-refractivity contribution is 5.95. The van der Waals surface area contributed by atoms with Crippen LogP contribution in [0.2, 0.25) is 0 Å². The zero-order valence-electron chi connectivity index (χ0n) is 15.8. The Balaban J connectivity index is 1.83. The van der Waals surface area contributed by atoms with E-state index < -0.39 is 5.92 Å². The van der Waals surface area contributed by atoms with Crippen LogP contribution in [0.3, 0.4) is 0 Å². The van der Waals surface area contributed by atoms with E-state index in [1.54, 1.807) is 36.5 Å². The monoisotopic (exact) mass is 375 g/mol. The number of fused-ring (bicyclic) bond motifs is 1. The molecule has 0 saturated heterocycles. The molecule has 0 aliphatic rings. The van der Waals surface area contributed by atoms with Gasteiger partial charge in [0, 0.05) is 17.4 Å². The summed E-state index contributed by atoms with van der Waals surface area (Å²) in [5.41, 5.74) is 2.50. The highest BCUT2D eigenvalue weighted by Crippen LogP contribution is 2.26. The second kappa shape index (κ2) is 8.81. The molecule has 0 bridgehead atoms. The van der Waals surface area contributed by atoms with Gasteiger partial charge in [-0.05, 0) is 43.3 Å². The minimum Gasteiger partial charge on any atom is -0.500 e. The first-order valence-electron chi connectivity index (χ1n) is 8.78. The fourth-order valence-corrected chi connectivity index (χ4v) is 2.68. The summed E-state index contributed by atoms with van der Waals surface area (Å²) in [7, 11) is 1.53. The van der Waals surface area contributed by atoms with Crippen molar-refractivity contribution >= 4 is 22.8 Å². The number of carbonyl (C=O) groups excluding carboxylic acids is 1. The molecule has 6 heteroatoms. The molecule has 0 radical (unpaired) electrons. The van der Waals surface area contributed by atoms with E-state index in [1.165, 1.54) is 7.11 Å². The maximum Gasteiger partial charge on any atom is 0.238 e. The molecular formula is C22H21N3O3. The van der Waals surface area contributed by atoms with Gasteiger partial charge in [0.2, 0.25) is 11.8 Å². The molecule has 0 saturated carbocycles. The zero-order valence-corrected chi connectivity index (χ0v) is 15.8. The van der Waals surface area contributed by atoms with Gasteiger partial charge in [-0.2, -0.15) is 4.98 Å². The molecule has 1 unspecified atom stereocenters. The van der Waals surface area contributed by atoms with E-state index >= 15 is 0 Å². The van der Waals surface area contributed by atoms with Crippen molar-refractivity contribution < 1.29 is 13.9 Å². The average Bonchev–Trinajstić information content (AvgIpc) is 3.15. The van der Waals surface area contributed by atoms with Crippen LogP contribution in [0.4, 0.5) is 5.69 Å². The van der Waals surface area contributed by atoms with Gasteiger partial charge in [-0.1, -0.05) is 24.3 Å². The van der Waals surface area contributed by atoms with Crippen molar-refractivity contribution in [1.82, 2.24) is 9.97 Å². The molecule has 0 aliphatic heterocycles. The molecule has 1 amide bonds. The third-order valence-electron chi connectivity index (χ3n) is 4.06. The van der Waals surface area contributed by atoms with Crippen molar-refractivity contribution in [1.29, 1.82) is 0 Å². The molecule has 3 aromatic rings. The Morgan fingerprint density at radius 1 is 1.32 bits per heavy atom. The minimum absolute atomic E-state index is 0.246. The standard InChI is InChI=1S/C22H21N3O3/c1-4-6-11-18(27-3)17(5-2)21(26)24-16-10-7-9-15(14-16)22-25-20-19(28-22)12-8-13-23-20/h4-14,17H,2H2,1,3H3,(H,24,26)/b6-4-,18-11+. The quantitative estimate of drug-likeness (QED) is 0.367. The number of aromatic nitrogens is 2. The van der Waals surface area contributed by atoms with Gasteiger partial charge >= 0.3 is 0 Å². The molecule has 2 heterocycles. The number of hydrogen-bond acceptors (Lipinski definition) is 5. The molecule has 0 spiro atoms. The highest BCUT2D eigenvalue weighted by Gasteiger charge is 2.20. The lowest BCUT2D eigenvalue weighted by Crippen LogP contribution is -2.23. The van der Waals surface area contributed by atoms with Gasteiger partial charge in [0.15, 0.2) is 11.2 Å². The zero-order chi connectivity index (χ0) is 19.9. The van der Waals surface area contributed by atoms with Gasteiger partial charge in [0.05, 0.1) is 7.11 Å². The van der Waals surface area contributed by atoms with Crippen molar-refractivity contribution in [3.8, 4) is 11.5 Å². The van der Waals surface area contributed by atoms with Gasteiger partial charge in [-0.3, -0.25) is 4.79 Å². The molecule has 0 fully saturated rings. The topological polar surface area (TPSA) is 77.3 Å². The summed E-state index contributed by atoms with van der Waals surface area (Å²) in [6, 6.07) is 10.9. The van der Waals surface area contributed by atoms with Crippen molar-refractivity contribution in [3.05, 3.63) is 79.2 Å². The lowest BCUT2D eigenvalue weighted by atomic mass is 10.1. The maximum atomic E-state index is 12.7. The summed E-state index contributed by atoms with van der Waals surface area (Å²) < 4.78 is 11.1. The summed E-state index contributed by atoms with van der Waals surface area (Å²) in [5, 5.41) is 2.89. The largest absolute Gasteiger partial charge is 0.500 e. The molecule has 1 N–H and O–H groups in total. The molecule has 1 atom stereocenters. The number of rotatable bonds is 7. The number of anilines is 1. The molecule has 2 aromatic heterocycles. The first kappa shape index (κ1) is 19.1. The molecule has 0 aliphatic carbocycles. The molecular weight excluding hydrogens is 354 g/mol. The highest BCUT2D eigenvalue weighted by atomic mass is 16.5. The lowest BCUT2D eigenvalue weighted by Gasteiger charge is -2.15. The Morgan fingerprint density at radius 2 is 2.18 bits per heavy atom. The number of methoxy groups -OCH3 is 1. The first-order chi connectivity index (χ1) is 13.7. The maximum absolute atomic E-state index is 12.7. The Kier molecular flexibility index (Phi) is 6.01. The third kappa shape index (κ3) is 4.17. The van der Waals surface area contributed by atoms with Crippen LogP contribution in [0.5, 0.6) is 0 Å². The number of hydrogen-bond donors (Lipinski definition) is 1. The van der Waals surface area contributed by atoms with Crippen LogP contribution in [-0.2, 0) is 9.53 Å². The average molecular weight is 375 g/mol. The summed E-state index contributed by atoms with van der Waals surface area (Å²) >= 11 is 0. The predicted molar refractivity (Wildman–Crippen MR) is 109 cm³/mol. The van der Waals surface area contributed by atoms with Gasteiger partial charge in [-0.15, -0.1) is 6.58 Å². The SMILES string of the molecule is C=CC(C(=O)Nc1cccc(-c2nc3ncccc3o2)c1)/C(=C\C=C/C)OC. The molecule has 28 heavy (non-hydrogen) atoms. The minimum atomic E-state index is -0.613. The summed E-state index contributed by atoms with van der Waals surface area (Å²) in [6.45, 7) is 5.64. The number of ether oxygens (including phenoxy) is 1. The van der Waals surface area contributed by atoms with Crippen LogP contribution in [0.1, 0.15) is 6.92 Å². The van der Waals surface area contributed by atoms with E-state index in [9.17, 15) is 4.79 Å². The van der Waals surface area contributed by atoms with Gasteiger partial charge in [0.1, 0.15) is 11.7 Å². The van der Waals surface area contributed by atoms with E-state index in [1.807, 2.05) is 37.3 Å². The van der Waals surface area contributed by atoms with Gasteiger partial charge in [0.25, 0.3) is 0 Å². The van der Waals surface area contributed by atoms with E-state index in [4.69, 9.17) is 9.15 Å². The van der Waals surface area contributed by atoms with Crippen LogP contribution in [0, 0.1) is 5.92 Å². The number of carbonyl (C=O) groups is 1. The van der Waals surface area contributed by atoms with Crippen LogP contribution in [-0.4, -0.2) is 23.0 Å². The number of benzene rings is 1. The number of pyridine rings is 1. The summed E-state index contributed by atoms with van der Waals surface area (Å²) in [5.74, 6) is 0.0878. The normalized spacial score (nSPS) is 12.9. The fraction of sp³-hybridized carbons (Fsp3) is 0.136. The smallest absolute Gasteiger partial charge is 0.238 e. The molecule has 6 nitrogen and oxygen atoms in total. The predicted octanol–water partition coefficient (Wildman–Crippen LogP) is 4.74. The number of oxazole rings is 1. The Morgan fingerprint density at radius 3 is 2.89 bits per heavy atom. The molecule has 142 valence electrons. The lowest BCUT2D eigenvalue weighted by molar-refractivity contribution is -0.118. The second-order valence-corrected chi connectivity index (χ2v) is 5.93. The summed E-state index contributed by atoms with van der Waals surface area (Å²) in [6.07, 6.45) is 8.62. The van der Waals surface area contributed by atoms with Gasteiger partial charge in [-0.25, -0.2) is 4.98 Å². The van der Waals surface area contributed by atoms with Crippen molar-refractivity contribution in [3.63, 3.8) is 0 Å². The van der Waals surface area contributed by atoms with Crippen molar-refractivity contribution in [2.45, 2.75) is 6.92 Å². The van der Waals surface area contributed by atoms with Crippen molar-refractivity contribution in [2.24, 2.45) is 5.92 Å². The van der Waals surface area contributed by atoms with Crippen molar-refractivity contribution in [2.75, 3.05) is 12.4 Å². The Hall–Kier alpha value is -3.67. The third-order valence-corrected chi connectivity index (χ3v) is 4.06. The number of nitrogens with zero attached hydrogens (tertiary/aromatic N) is 2. The van der Waals surface area contributed by atoms with E-state index in [-0.39, 0.29) is 5.91 Å². The fourth-order valence-electron chi connectivity index (χ4n) is 2.68. The van der Waals surface area contributed by atoms with Crippen LogP contribution >= 0.6 is 0 Å². The molecule has 3 rings (SSSR count). The number of allylic oxidation sites excluding steroid dienone is 3. The Labute approximate surface area is 163 Å². The van der Waals surface area contributed by atoms with Crippen LogP contribution < -0.4 is 5.32 Å². The molecule has 1 aromatic carbocycles. The first-order valence-corrected chi connectivity index (χ1v) is 8.78.